The molecule has 96 valence electrons. The van der Waals surface area contributed by atoms with E-state index in [4.69, 9.17) is 5.73 Å². The monoisotopic (exact) mass is 252 g/mol. The predicted molar refractivity (Wildman–Crippen MR) is 62.1 cm³/mol. The van der Waals surface area contributed by atoms with Crippen LogP contribution in [0.3, 0.4) is 0 Å². The molecule has 0 radical (unpaired) electrons. The van der Waals surface area contributed by atoms with Gasteiger partial charge in [-0.15, -0.1) is 0 Å². The van der Waals surface area contributed by atoms with Crippen molar-refractivity contribution >= 4 is 17.6 Å². The summed E-state index contributed by atoms with van der Waals surface area (Å²) in [4.78, 5) is 26.2. The number of carbonyl (C=O) groups is 2. The molecule has 0 saturated carbocycles. The number of amides is 2. The highest BCUT2D eigenvalue weighted by molar-refractivity contribution is 5.95. The highest BCUT2D eigenvalue weighted by Gasteiger charge is 2.22. The van der Waals surface area contributed by atoms with Crippen LogP contribution in [0.4, 0.5) is 10.2 Å². The number of anilines is 1. The molecule has 1 saturated heterocycles. The molecular formula is C11H13FN4O2. The van der Waals surface area contributed by atoms with Crippen LogP contribution in [0.1, 0.15) is 23.2 Å². The van der Waals surface area contributed by atoms with E-state index in [1.807, 2.05) is 0 Å². The summed E-state index contributed by atoms with van der Waals surface area (Å²) in [5.41, 5.74) is 5.13. The lowest BCUT2D eigenvalue weighted by molar-refractivity contribution is -0.119. The number of nitrogen functional groups attached to an aromatic ring is 1. The van der Waals surface area contributed by atoms with Crippen LogP contribution >= 0.6 is 0 Å². The van der Waals surface area contributed by atoms with Crippen LogP contribution in [0, 0.1) is 5.82 Å². The summed E-state index contributed by atoms with van der Waals surface area (Å²) < 4.78 is 13.5. The van der Waals surface area contributed by atoms with Crippen molar-refractivity contribution < 1.29 is 14.0 Å². The first-order valence-electron chi connectivity index (χ1n) is 5.55. The quantitative estimate of drug-likeness (QED) is 0.694. The van der Waals surface area contributed by atoms with E-state index in [0.29, 0.717) is 12.8 Å². The first-order valence-corrected chi connectivity index (χ1v) is 5.55. The zero-order chi connectivity index (χ0) is 13.1. The molecular weight excluding hydrogens is 239 g/mol. The molecule has 1 aromatic heterocycles. The molecule has 1 aliphatic rings. The molecule has 1 aliphatic heterocycles. The summed E-state index contributed by atoms with van der Waals surface area (Å²) in [6, 6.07) is 1.16. The number of nitrogens with two attached hydrogens (primary N) is 1. The third kappa shape index (κ3) is 2.55. The number of nitrogens with one attached hydrogen (secondary N) is 2. The summed E-state index contributed by atoms with van der Waals surface area (Å²) in [6.45, 7) is 0.270. The second kappa shape index (κ2) is 4.99. The Morgan fingerprint density at radius 1 is 1.67 bits per heavy atom. The van der Waals surface area contributed by atoms with Gasteiger partial charge in [-0.1, -0.05) is 0 Å². The molecule has 18 heavy (non-hydrogen) atoms. The van der Waals surface area contributed by atoms with Gasteiger partial charge in [-0.05, 0) is 12.5 Å². The van der Waals surface area contributed by atoms with Crippen molar-refractivity contribution in [2.24, 2.45) is 0 Å². The molecule has 0 bridgehead atoms. The standard InChI is InChI=1S/C11H13FN4O2/c12-9-7(3-4-14-10(9)13)11(18)15-5-6-1-2-8(17)16-6/h3-4,6H,1-2,5H2,(H2,13,14)(H,15,18)(H,16,17). The smallest absolute Gasteiger partial charge is 0.254 e. The molecule has 4 N–H and O–H groups in total. The Bertz CT molecular complexity index is 492. The summed E-state index contributed by atoms with van der Waals surface area (Å²) in [5.74, 6) is -1.74. The van der Waals surface area contributed by atoms with Gasteiger partial charge in [0.1, 0.15) is 0 Å². The van der Waals surface area contributed by atoms with E-state index >= 15 is 0 Å². The summed E-state index contributed by atoms with van der Waals surface area (Å²) in [7, 11) is 0. The molecule has 1 atom stereocenters. The molecule has 2 amide bonds. The Kier molecular flexibility index (Phi) is 3.40. The van der Waals surface area contributed by atoms with Crippen molar-refractivity contribution in [2.75, 3.05) is 12.3 Å². The van der Waals surface area contributed by atoms with Crippen LogP contribution in [0.5, 0.6) is 0 Å². The van der Waals surface area contributed by atoms with Gasteiger partial charge in [-0.25, -0.2) is 9.37 Å². The minimum absolute atomic E-state index is 0.0337. The molecule has 6 nitrogen and oxygen atoms in total. The van der Waals surface area contributed by atoms with E-state index in [0.717, 1.165) is 0 Å². The first kappa shape index (κ1) is 12.3. The zero-order valence-electron chi connectivity index (χ0n) is 9.57. The van der Waals surface area contributed by atoms with E-state index in [-0.39, 0.29) is 29.9 Å². The number of rotatable bonds is 3. The zero-order valence-corrected chi connectivity index (χ0v) is 9.57. The van der Waals surface area contributed by atoms with Crippen LogP contribution in [0.2, 0.25) is 0 Å². The molecule has 2 rings (SSSR count). The molecule has 0 aliphatic carbocycles. The molecule has 1 unspecified atom stereocenters. The van der Waals surface area contributed by atoms with Crippen LogP contribution in [-0.4, -0.2) is 29.4 Å². The fraction of sp³-hybridized carbons (Fsp3) is 0.364. The van der Waals surface area contributed by atoms with Crippen LogP contribution in [0.25, 0.3) is 0 Å². The maximum absolute atomic E-state index is 13.5. The number of carbonyl (C=O) groups excluding carboxylic acids is 2. The Labute approximate surface area is 103 Å². The molecule has 1 fully saturated rings. The number of hydrogen-bond donors (Lipinski definition) is 3. The lowest BCUT2D eigenvalue weighted by atomic mass is 10.2. The maximum atomic E-state index is 13.5. The lowest BCUT2D eigenvalue weighted by Crippen LogP contribution is -2.38. The van der Waals surface area contributed by atoms with Gasteiger partial charge >= 0.3 is 0 Å². The van der Waals surface area contributed by atoms with Crippen molar-refractivity contribution in [3.8, 4) is 0 Å². The number of halogens is 1. The third-order valence-electron chi connectivity index (χ3n) is 2.75. The maximum Gasteiger partial charge on any atom is 0.254 e. The number of aromatic nitrogens is 1. The number of pyridine rings is 1. The Morgan fingerprint density at radius 3 is 3.11 bits per heavy atom. The highest BCUT2D eigenvalue weighted by Crippen LogP contribution is 2.12. The molecule has 7 heteroatoms. The van der Waals surface area contributed by atoms with Gasteiger partial charge in [0.15, 0.2) is 11.6 Å². The Balaban J connectivity index is 1.95. The second-order valence-corrected chi connectivity index (χ2v) is 4.07. The number of nitrogens with zero attached hydrogens (tertiary/aromatic N) is 1. The van der Waals surface area contributed by atoms with Gasteiger partial charge in [0.25, 0.3) is 5.91 Å². The number of hydrogen-bond acceptors (Lipinski definition) is 4. The van der Waals surface area contributed by atoms with E-state index in [9.17, 15) is 14.0 Å². The minimum Gasteiger partial charge on any atom is -0.381 e. The molecule has 0 spiro atoms. The van der Waals surface area contributed by atoms with Crippen LogP contribution in [-0.2, 0) is 4.79 Å². The summed E-state index contributed by atoms with van der Waals surface area (Å²) in [5, 5.41) is 5.25. The van der Waals surface area contributed by atoms with Crippen molar-refractivity contribution in [1.82, 2.24) is 15.6 Å². The average Bonchev–Trinajstić information content (AvgIpc) is 2.76. The van der Waals surface area contributed by atoms with Gasteiger partial charge in [-0.2, -0.15) is 0 Å². The topological polar surface area (TPSA) is 97.1 Å². The Hall–Kier alpha value is -2.18. The van der Waals surface area contributed by atoms with E-state index in [1.54, 1.807) is 0 Å². The third-order valence-corrected chi connectivity index (χ3v) is 2.75. The normalized spacial score (nSPS) is 18.5. The lowest BCUT2D eigenvalue weighted by Gasteiger charge is -2.11. The van der Waals surface area contributed by atoms with Gasteiger partial charge in [0, 0.05) is 25.2 Å². The van der Waals surface area contributed by atoms with Gasteiger partial charge in [-0.3, -0.25) is 9.59 Å². The molecule has 1 aromatic rings. The van der Waals surface area contributed by atoms with E-state index in [2.05, 4.69) is 15.6 Å². The SMILES string of the molecule is Nc1nccc(C(=O)NCC2CCC(=O)N2)c1F. The van der Waals surface area contributed by atoms with Gasteiger partial charge in [0.05, 0.1) is 5.56 Å². The summed E-state index contributed by atoms with van der Waals surface area (Å²) >= 11 is 0. The Morgan fingerprint density at radius 2 is 2.44 bits per heavy atom. The molecule has 2 heterocycles. The second-order valence-electron chi connectivity index (χ2n) is 4.07. The fourth-order valence-corrected chi connectivity index (χ4v) is 1.78. The predicted octanol–water partition coefficient (Wildman–Crippen LogP) is -0.189. The minimum atomic E-state index is -0.828. The van der Waals surface area contributed by atoms with E-state index in [1.165, 1.54) is 12.3 Å². The largest absolute Gasteiger partial charge is 0.381 e. The van der Waals surface area contributed by atoms with Gasteiger partial charge in [0.2, 0.25) is 5.91 Å². The van der Waals surface area contributed by atoms with Gasteiger partial charge < -0.3 is 16.4 Å². The summed E-state index contributed by atoms with van der Waals surface area (Å²) in [6.07, 6.45) is 2.39. The van der Waals surface area contributed by atoms with Crippen molar-refractivity contribution in [1.29, 1.82) is 0 Å². The van der Waals surface area contributed by atoms with Crippen molar-refractivity contribution in [2.45, 2.75) is 18.9 Å². The fourth-order valence-electron chi connectivity index (χ4n) is 1.78. The first-order chi connectivity index (χ1) is 8.58. The molecule has 0 aromatic carbocycles. The highest BCUT2D eigenvalue weighted by atomic mass is 19.1. The average molecular weight is 252 g/mol. The van der Waals surface area contributed by atoms with Crippen LogP contribution in [0.15, 0.2) is 12.3 Å². The van der Waals surface area contributed by atoms with Crippen LogP contribution < -0.4 is 16.4 Å². The van der Waals surface area contributed by atoms with Crippen molar-refractivity contribution in [3.05, 3.63) is 23.6 Å². The van der Waals surface area contributed by atoms with E-state index < -0.39 is 11.7 Å². The van der Waals surface area contributed by atoms with Crippen molar-refractivity contribution in [3.63, 3.8) is 0 Å².